The quantitative estimate of drug-likeness (QED) is 0.320. The molecule has 138 valence electrons. The van der Waals surface area contributed by atoms with Crippen LogP contribution in [0, 0.1) is 16.3 Å². The second-order valence-corrected chi connectivity index (χ2v) is 7.16. The van der Waals surface area contributed by atoms with Crippen molar-refractivity contribution < 1.29 is 13.9 Å². The smallest absolute Gasteiger partial charge is 0.174 e. The van der Waals surface area contributed by atoms with Gasteiger partial charge in [0.25, 0.3) is 0 Å². The van der Waals surface area contributed by atoms with E-state index in [0.717, 1.165) is 25.9 Å². The van der Waals surface area contributed by atoms with E-state index in [4.69, 9.17) is 9.47 Å². The van der Waals surface area contributed by atoms with Crippen molar-refractivity contribution in [2.24, 2.45) is 4.99 Å². The van der Waals surface area contributed by atoms with Gasteiger partial charge in [-0.05, 0) is 76.5 Å². The third-order valence-corrected chi connectivity index (χ3v) is 4.79. The highest BCUT2D eigenvalue weighted by atomic mass is 127. The minimum atomic E-state index is -0.277. The molecule has 0 saturated heterocycles. The molecule has 0 aliphatic rings. The highest BCUT2D eigenvalue weighted by Gasteiger charge is 2.12. The fourth-order valence-electron chi connectivity index (χ4n) is 2.59. The molecule has 5 heteroatoms. The van der Waals surface area contributed by atoms with Crippen LogP contribution in [0.4, 0.5) is 10.1 Å². The van der Waals surface area contributed by atoms with Crippen LogP contribution in [0.5, 0.6) is 11.5 Å². The SMILES string of the molecule is COc1cc(C=Nc2ccccc2C)cc(I)c1OCc1cccc(F)c1. The normalized spacial score (nSPS) is 11.0. The zero-order chi connectivity index (χ0) is 19.2. The van der Waals surface area contributed by atoms with Gasteiger partial charge in [-0.2, -0.15) is 0 Å². The first-order valence-corrected chi connectivity index (χ1v) is 9.49. The Bertz CT molecular complexity index is 972. The maximum atomic E-state index is 13.3. The van der Waals surface area contributed by atoms with E-state index in [1.54, 1.807) is 13.2 Å². The van der Waals surface area contributed by atoms with E-state index in [1.165, 1.54) is 12.1 Å². The number of hydrogen-bond acceptors (Lipinski definition) is 3. The van der Waals surface area contributed by atoms with E-state index in [2.05, 4.69) is 27.6 Å². The summed E-state index contributed by atoms with van der Waals surface area (Å²) < 4.78 is 25.6. The van der Waals surface area contributed by atoms with Crippen molar-refractivity contribution in [3.8, 4) is 11.5 Å². The van der Waals surface area contributed by atoms with Crippen LogP contribution in [0.1, 0.15) is 16.7 Å². The van der Waals surface area contributed by atoms with Crippen LogP contribution in [0.3, 0.4) is 0 Å². The van der Waals surface area contributed by atoms with Gasteiger partial charge >= 0.3 is 0 Å². The summed E-state index contributed by atoms with van der Waals surface area (Å²) in [7, 11) is 1.60. The molecule has 0 amide bonds. The van der Waals surface area contributed by atoms with Crippen LogP contribution < -0.4 is 9.47 Å². The van der Waals surface area contributed by atoms with Crippen molar-refractivity contribution >= 4 is 34.5 Å². The van der Waals surface area contributed by atoms with Crippen molar-refractivity contribution in [3.05, 3.63) is 86.7 Å². The molecule has 0 N–H and O–H groups in total. The zero-order valence-electron chi connectivity index (χ0n) is 15.1. The summed E-state index contributed by atoms with van der Waals surface area (Å²) in [5, 5.41) is 0. The Kier molecular flexibility index (Phi) is 6.45. The standard InChI is InChI=1S/C22H19FINO2/c1-15-6-3-4-9-20(15)25-13-17-11-19(24)22(21(12-17)26-2)27-14-16-7-5-8-18(23)10-16/h3-13H,14H2,1-2H3. The molecule has 0 atom stereocenters. The number of nitrogens with zero attached hydrogens (tertiary/aromatic N) is 1. The summed E-state index contributed by atoms with van der Waals surface area (Å²) >= 11 is 2.20. The van der Waals surface area contributed by atoms with Gasteiger partial charge in [0, 0.05) is 6.21 Å². The molecule has 3 nitrogen and oxygen atoms in total. The molecular weight excluding hydrogens is 456 g/mol. The van der Waals surface area contributed by atoms with E-state index in [-0.39, 0.29) is 12.4 Å². The summed E-state index contributed by atoms with van der Waals surface area (Å²) in [6.07, 6.45) is 1.81. The highest BCUT2D eigenvalue weighted by Crippen LogP contribution is 2.34. The van der Waals surface area contributed by atoms with Gasteiger partial charge in [-0.15, -0.1) is 0 Å². The molecule has 3 aromatic carbocycles. The summed E-state index contributed by atoms with van der Waals surface area (Å²) in [5.41, 5.74) is 3.72. The fourth-order valence-corrected chi connectivity index (χ4v) is 3.37. The van der Waals surface area contributed by atoms with Gasteiger partial charge in [0.2, 0.25) is 0 Å². The Morgan fingerprint density at radius 2 is 1.89 bits per heavy atom. The molecule has 0 heterocycles. The van der Waals surface area contributed by atoms with Crippen molar-refractivity contribution in [1.29, 1.82) is 0 Å². The third kappa shape index (κ3) is 5.07. The number of methoxy groups -OCH3 is 1. The second-order valence-electron chi connectivity index (χ2n) is 6.00. The number of rotatable bonds is 6. The molecule has 0 fully saturated rings. The maximum absolute atomic E-state index is 13.3. The van der Waals surface area contributed by atoms with Crippen molar-refractivity contribution in [2.75, 3.05) is 7.11 Å². The summed E-state index contributed by atoms with van der Waals surface area (Å²) in [4.78, 5) is 4.56. The van der Waals surface area contributed by atoms with Crippen LogP contribution >= 0.6 is 22.6 Å². The lowest BCUT2D eigenvalue weighted by Gasteiger charge is -2.13. The second kappa shape index (κ2) is 8.99. The van der Waals surface area contributed by atoms with Crippen LogP contribution in [-0.2, 0) is 6.61 Å². The zero-order valence-corrected chi connectivity index (χ0v) is 17.2. The van der Waals surface area contributed by atoms with Gasteiger partial charge in [0.1, 0.15) is 12.4 Å². The molecule has 0 saturated carbocycles. The number of aliphatic imine (C=N–C) groups is 1. The Hall–Kier alpha value is -2.41. The van der Waals surface area contributed by atoms with Gasteiger partial charge in [-0.25, -0.2) is 4.39 Å². The van der Waals surface area contributed by atoms with Gasteiger partial charge in [-0.1, -0.05) is 30.3 Å². The molecule has 0 aliphatic carbocycles. The Labute approximate surface area is 172 Å². The van der Waals surface area contributed by atoms with Crippen LogP contribution in [0.15, 0.2) is 65.7 Å². The average Bonchev–Trinajstić information content (AvgIpc) is 2.66. The predicted molar refractivity (Wildman–Crippen MR) is 115 cm³/mol. The summed E-state index contributed by atoms with van der Waals surface area (Å²) in [6.45, 7) is 2.29. The lowest BCUT2D eigenvalue weighted by atomic mass is 10.2. The molecule has 0 aromatic heterocycles. The van der Waals surface area contributed by atoms with E-state index >= 15 is 0 Å². The third-order valence-electron chi connectivity index (χ3n) is 3.99. The van der Waals surface area contributed by atoms with Crippen molar-refractivity contribution in [3.63, 3.8) is 0 Å². The maximum Gasteiger partial charge on any atom is 0.174 e. The molecule has 27 heavy (non-hydrogen) atoms. The minimum absolute atomic E-state index is 0.265. The van der Waals surface area contributed by atoms with Crippen LogP contribution in [0.25, 0.3) is 0 Å². The van der Waals surface area contributed by atoms with Crippen LogP contribution in [0.2, 0.25) is 0 Å². The minimum Gasteiger partial charge on any atom is -0.493 e. The fraction of sp³-hybridized carbons (Fsp3) is 0.136. The van der Waals surface area contributed by atoms with E-state index in [1.807, 2.05) is 55.6 Å². The molecule has 0 unspecified atom stereocenters. The first kappa shape index (κ1) is 19.4. The van der Waals surface area contributed by atoms with E-state index < -0.39 is 0 Å². The number of ether oxygens (including phenoxy) is 2. The molecule has 0 radical (unpaired) electrons. The van der Waals surface area contributed by atoms with Gasteiger partial charge < -0.3 is 9.47 Å². The predicted octanol–water partition coefficient (Wildman–Crippen LogP) is 6.08. The topological polar surface area (TPSA) is 30.8 Å². The Balaban J connectivity index is 1.81. The highest BCUT2D eigenvalue weighted by molar-refractivity contribution is 14.1. The number of aryl methyl sites for hydroxylation is 1. The number of para-hydroxylation sites is 1. The average molecular weight is 475 g/mol. The van der Waals surface area contributed by atoms with Gasteiger partial charge in [0.05, 0.1) is 16.4 Å². The van der Waals surface area contributed by atoms with Crippen molar-refractivity contribution in [1.82, 2.24) is 0 Å². The number of benzene rings is 3. The number of halogens is 2. The molecule has 3 rings (SSSR count). The Morgan fingerprint density at radius 1 is 1.07 bits per heavy atom. The molecule has 0 spiro atoms. The first-order chi connectivity index (χ1) is 13.1. The van der Waals surface area contributed by atoms with Gasteiger partial charge in [-0.3, -0.25) is 4.99 Å². The largest absolute Gasteiger partial charge is 0.493 e. The Morgan fingerprint density at radius 3 is 2.63 bits per heavy atom. The summed E-state index contributed by atoms with van der Waals surface area (Å²) in [5.74, 6) is 0.973. The monoisotopic (exact) mass is 475 g/mol. The first-order valence-electron chi connectivity index (χ1n) is 8.41. The molecule has 0 aliphatic heterocycles. The summed E-state index contributed by atoms with van der Waals surface area (Å²) in [6, 6.07) is 18.2. The van der Waals surface area contributed by atoms with E-state index in [0.29, 0.717) is 11.5 Å². The molecular formula is C22H19FINO2. The molecule has 0 bridgehead atoms. The lowest BCUT2D eigenvalue weighted by molar-refractivity contribution is 0.282. The van der Waals surface area contributed by atoms with E-state index in [9.17, 15) is 4.39 Å². The lowest BCUT2D eigenvalue weighted by Crippen LogP contribution is -2.01. The van der Waals surface area contributed by atoms with Gasteiger partial charge in [0.15, 0.2) is 11.5 Å². The molecule has 3 aromatic rings. The number of hydrogen-bond donors (Lipinski definition) is 0. The van der Waals surface area contributed by atoms with Crippen molar-refractivity contribution in [2.45, 2.75) is 13.5 Å². The van der Waals surface area contributed by atoms with Crippen LogP contribution in [-0.4, -0.2) is 13.3 Å².